The van der Waals surface area contributed by atoms with Crippen LogP contribution in [0.4, 0.5) is 51.2 Å². The van der Waals surface area contributed by atoms with Crippen LogP contribution in [0.2, 0.25) is 0 Å². The molecule has 0 spiro atoms. The van der Waals surface area contributed by atoms with E-state index in [2.05, 4.69) is 573 Å². The lowest BCUT2D eigenvalue weighted by atomic mass is 9.82. The van der Waals surface area contributed by atoms with Crippen molar-refractivity contribution in [1.29, 1.82) is 0 Å². The molecule has 0 saturated heterocycles. The zero-order valence-corrected chi connectivity index (χ0v) is 81.5. The van der Waals surface area contributed by atoms with Crippen molar-refractivity contribution in [1.82, 2.24) is 4.98 Å². The van der Waals surface area contributed by atoms with Crippen LogP contribution in [0.3, 0.4) is 0 Å². The number of benzene rings is 23. The standard InChI is InChI=1S/C49H35NS.C46H31NO.C45H32N2/c1-49(2)43-23-13-11-19-36(43)37-27-25-35(30-44(37)49)50(34-26-28-47-42(29-34)39-21-12-14-24-46(39)51-47)45-31-41(32-15-5-3-6-16-32)48(33-17-7-4-8-18-33)40-22-10-9-20-38(40)45;1-5-15-32(16-6-1)35-25-27-44-41(29-35)42-30-37(26-28-45(42)48-44)47(36-21-11-4-12-22-36)43-31-40(33-17-7-2-8-18-33)46(34-19-9-3-10-20-34)39-24-14-13-23-38(39)43;1-4-14-33(15-5-1)37-20-12-21-39(30-37)47(40-22-13-29-46-32-40)38-27-25-35(26-28-38)43-31-44(34-16-6-2-7-17-34)45(36-18-8-3-9-19-36)42-24-11-10-23-41(42)43/h3-31H,1-2H3;1-31H;1-32H. The molecule has 3 aromatic heterocycles. The Kier molecular flexibility index (Phi) is 23.6. The van der Waals surface area contributed by atoms with Gasteiger partial charge in [0.1, 0.15) is 11.2 Å². The van der Waals surface area contributed by atoms with Crippen molar-refractivity contribution < 1.29 is 4.42 Å². The lowest BCUT2D eigenvalue weighted by Gasteiger charge is -2.30. The van der Waals surface area contributed by atoms with E-state index in [1.165, 1.54) is 175 Å². The molecule has 0 saturated carbocycles. The lowest BCUT2D eigenvalue weighted by molar-refractivity contribution is 0.660. The molecule has 0 N–H and O–H groups in total. The first-order chi connectivity index (χ1) is 72.2. The molecule has 0 fully saturated rings. The van der Waals surface area contributed by atoms with Gasteiger partial charge in [-0.2, -0.15) is 0 Å². The molecule has 0 unspecified atom stereocenters. The fraction of sp³-hybridized carbons (Fsp3) is 0.0214. The van der Waals surface area contributed by atoms with Crippen molar-refractivity contribution in [2.75, 3.05) is 14.7 Å². The highest BCUT2D eigenvalue weighted by molar-refractivity contribution is 7.25. The molecule has 26 aromatic rings. The normalized spacial score (nSPS) is 11.8. The van der Waals surface area contributed by atoms with Crippen molar-refractivity contribution in [3.8, 4) is 111 Å². The highest BCUT2D eigenvalue weighted by Gasteiger charge is 2.37. The molecule has 23 aromatic carbocycles. The average molecular weight is 1880 g/mol. The smallest absolute Gasteiger partial charge is 0.135 e. The number of nitrogens with zero attached hydrogens (tertiary/aromatic N) is 4. The van der Waals surface area contributed by atoms with Crippen molar-refractivity contribution in [2.45, 2.75) is 19.3 Å². The molecular weight excluding hydrogens is 1790 g/mol. The summed E-state index contributed by atoms with van der Waals surface area (Å²) in [6.45, 7) is 4.74. The number of hydrogen-bond acceptors (Lipinski definition) is 6. The van der Waals surface area contributed by atoms with Gasteiger partial charge in [0, 0.05) is 87.5 Å². The Balaban J connectivity index is 0.000000114. The van der Waals surface area contributed by atoms with Gasteiger partial charge in [-0.05, 0) is 277 Å². The molecule has 5 nitrogen and oxygen atoms in total. The third-order valence-electron chi connectivity index (χ3n) is 28.8. The summed E-state index contributed by atoms with van der Waals surface area (Å²) in [7, 11) is 0. The van der Waals surface area contributed by atoms with E-state index in [0.29, 0.717) is 0 Å². The molecule has 6 heteroatoms. The second-order valence-electron chi connectivity index (χ2n) is 37.9. The Labute approximate surface area is 854 Å². The van der Waals surface area contributed by atoms with E-state index in [1.807, 2.05) is 29.8 Å². The highest BCUT2D eigenvalue weighted by Crippen LogP contribution is 2.56. The van der Waals surface area contributed by atoms with Gasteiger partial charge in [-0.25, -0.2) is 0 Å². The number of rotatable bonds is 18. The number of furan rings is 1. The zero-order valence-electron chi connectivity index (χ0n) is 80.7. The van der Waals surface area contributed by atoms with E-state index in [-0.39, 0.29) is 5.41 Å². The van der Waals surface area contributed by atoms with Crippen LogP contribution < -0.4 is 14.7 Å². The Morgan fingerprint density at radius 2 is 0.541 bits per heavy atom. The molecule has 1 aliphatic rings. The monoisotopic (exact) mass is 1880 g/mol. The minimum absolute atomic E-state index is 0.116. The topological polar surface area (TPSA) is 35.8 Å². The van der Waals surface area contributed by atoms with E-state index in [4.69, 9.17) is 4.42 Å². The van der Waals surface area contributed by atoms with Crippen LogP contribution >= 0.6 is 11.3 Å². The predicted molar refractivity (Wildman–Crippen MR) is 620 cm³/mol. The van der Waals surface area contributed by atoms with Crippen LogP contribution in [-0.2, 0) is 5.41 Å². The summed E-state index contributed by atoms with van der Waals surface area (Å²) in [5.74, 6) is 0. The van der Waals surface area contributed by atoms with Gasteiger partial charge >= 0.3 is 0 Å². The SMILES string of the molecule is CC1(C)c2ccccc2-c2ccc(N(c3ccc4sc5ccccc5c4c3)c3cc(-c4ccccc4)c(-c4ccccc4)c4ccccc34)cc21.c1ccc(-c2ccc3oc4ccc(N(c5ccccc5)c5cc(-c6ccccc6)c(-c6ccccc6)c6ccccc56)cc4c3c2)cc1.c1ccc(-c2cccc(N(c3ccc(-c4cc(-c5ccccc5)c(-c5ccccc5)c5ccccc45)cc3)c3cccnc3)c2)cc1. The molecule has 0 amide bonds. The van der Waals surface area contributed by atoms with Crippen LogP contribution in [0.25, 0.3) is 186 Å². The van der Waals surface area contributed by atoms with Crippen LogP contribution in [0.1, 0.15) is 25.0 Å². The quantitative estimate of drug-likeness (QED) is 0.0856. The molecule has 0 bridgehead atoms. The first kappa shape index (κ1) is 88.8. The summed E-state index contributed by atoms with van der Waals surface area (Å²) in [4.78, 5) is 11.6. The van der Waals surface area contributed by atoms with Crippen LogP contribution in [0, 0.1) is 0 Å². The number of para-hydroxylation sites is 1. The van der Waals surface area contributed by atoms with Crippen molar-refractivity contribution in [3.63, 3.8) is 0 Å². The maximum atomic E-state index is 6.38. The van der Waals surface area contributed by atoms with Crippen molar-refractivity contribution >= 4 is 137 Å². The van der Waals surface area contributed by atoms with E-state index in [0.717, 1.165) is 73.1 Å². The summed E-state index contributed by atoms with van der Waals surface area (Å²) < 4.78 is 9.01. The van der Waals surface area contributed by atoms with Gasteiger partial charge in [0.15, 0.2) is 0 Å². The second kappa shape index (κ2) is 38.8. The molecule has 0 aliphatic heterocycles. The maximum absolute atomic E-state index is 6.38. The molecule has 27 rings (SSSR count). The molecule has 146 heavy (non-hydrogen) atoms. The first-order valence-electron chi connectivity index (χ1n) is 50.0. The summed E-state index contributed by atoms with van der Waals surface area (Å²) >= 11 is 1.87. The molecule has 0 atom stereocenters. The zero-order chi connectivity index (χ0) is 97.4. The molecular formula is C140H98N4OS. The largest absolute Gasteiger partial charge is 0.456 e. The van der Waals surface area contributed by atoms with Crippen LogP contribution in [-0.4, -0.2) is 4.98 Å². The number of thiophene rings is 1. The van der Waals surface area contributed by atoms with Gasteiger partial charge in [-0.15, -0.1) is 11.3 Å². The summed E-state index contributed by atoms with van der Waals surface area (Å²) in [5.41, 5.74) is 38.7. The lowest BCUT2D eigenvalue weighted by Crippen LogP contribution is -2.16. The van der Waals surface area contributed by atoms with Crippen LogP contribution in [0.5, 0.6) is 0 Å². The molecule has 3 heterocycles. The minimum Gasteiger partial charge on any atom is -0.456 e. The van der Waals surface area contributed by atoms with E-state index in [9.17, 15) is 0 Å². The van der Waals surface area contributed by atoms with Gasteiger partial charge < -0.3 is 19.1 Å². The number of aromatic nitrogens is 1. The summed E-state index contributed by atoms with van der Waals surface area (Å²) in [6, 6.07) is 197. The van der Waals surface area contributed by atoms with E-state index in [1.54, 1.807) is 0 Å². The van der Waals surface area contributed by atoms with Crippen molar-refractivity contribution in [3.05, 3.63) is 569 Å². The summed E-state index contributed by atoms with van der Waals surface area (Å²) in [5, 5.41) is 12.1. The third-order valence-corrected chi connectivity index (χ3v) is 30.0. The maximum Gasteiger partial charge on any atom is 0.135 e. The fourth-order valence-electron chi connectivity index (χ4n) is 22.0. The van der Waals surface area contributed by atoms with E-state index >= 15 is 0 Å². The first-order valence-corrected chi connectivity index (χ1v) is 50.8. The average Bonchev–Trinajstić information content (AvgIpc) is 1.61. The van der Waals surface area contributed by atoms with Gasteiger partial charge in [0.05, 0.1) is 23.3 Å². The van der Waals surface area contributed by atoms with Crippen molar-refractivity contribution in [2.24, 2.45) is 0 Å². The fourth-order valence-corrected chi connectivity index (χ4v) is 23.1. The number of pyridine rings is 1. The molecule has 0 radical (unpaired) electrons. The van der Waals surface area contributed by atoms with Gasteiger partial charge in [0.25, 0.3) is 0 Å². The van der Waals surface area contributed by atoms with E-state index < -0.39 is 0 Å². The van der Waals surface area contributed by atoms with Gasteiger partial charge in [0.2, 0.25) is 0 Å². The van der Waals surface area contributed by atoms with Gasteiger partial charge in [-0.1, -0.05) is 426 Å². The molecule has 1 aliphatic carbocycles. The highest BCUT2D eigenvalue weighted by atomic mass is 32.1. The number of fused-ring (bicyclic) bond motifs is 12. The number of hydrogen-bond donors (Lipinski definition) is 0. The Morgan fingerprint density at radius 1 is 0.192 bits per heavy atom. The Hall–Kier alpha value is -18.6. The van der Waals surface area contributed by atoms with Crippen LogP contribution in [0.15, 0.2) is 563 Å². The third kappa shape index (κ3) is 16.8. The molecule has 690 valence electrons. The predicted octanol–water partition coefficient (Wildman–Crippen LogP) is 39.9. The Morgan fingerprint density at radius 3 is 1.08 bits per heavy atom. The van der Waals surface area contributed by atoms with Gasteiger partial charge in [-0.3, -0.25) is 4.98 Å². The summed E-state index contributed by atoms with van der Waals surface area (Å²) in [6.07, 6.45) is 3.74. The number of anilines is 9. The minimum atomic E-state index is -0.116. The Bertz CT molecular complexity index is 9290. The second-order valence-corrected chi connectivity index (χ2v) is 39.0.